The van der Waals surface area contributed by atoms with Crippen molar-refractivity contribution in [3.8, 4) is 0 Å². The number of nitrogens with zero attached hydrogens (tertiary/aromatic N) is 1. The molecule has 4 saturated carbocycles. The normalized spacial score (nSPS) is 29.1. The van der Waals surface area contributed by atoms with Gasteiger partial charge in [0.1, 0.15) is 5.60 Å². The van der Waals surface area contributed by atoms with Gasteiger partial charge in [0.05, 0.1) is 0 Å². The lowest BCUT2D eigenvalue weighted by molar-refractivity contribution is -0.0251. The highest BCUT2D eigenvalue weighted by Crippen LogP contribution is 2.62. The van der Waals surface area contributed by atoms with E-state index >= 15 is 0 Å². The topological polar surface area (TPSA) is 60.3 Å². The minimum atomic E-state index is -0.462. The maximum Gasteiger partial charge on any atom is 0.407 e. The molecule has 4 fully saturated rings. The second-order valence-corrected chi connectivity index (χ2v) is 12.4. The lowest BCUT2D eigenvalue weighted by Gasteiger charge is -2.58. The Morgan fingerprint density at radius 3 is 2.21 bits per heavy atom. The number of amides is 1. The van der Waals surface area contributed by atoms with Crippen molar-refractivity contribution in [3.05, 3.63) is 46.4 Å². The molecular weight excluding hydrogens is 412 g/mol. The number of pyridine rings is 1. The van der Waals surface area contributed by atoms with Crippen molar-refractivity contribution in [2.75, 3.05) is 0 Å². The van der Waals surface area contributed by atoms with E-state index in [0.29, 0.717) is 29.2 Å². The zero-order valence-electron chi connectivity index (χ0n) is 20.1. The van der Waals surface area contributed by atoms with Gasteiger partial charge in [-0.25, -0.2) is 4.79 Å². The molecule has 5 nitrogen and oxygen atoms in total. The number of benzene rings is 1. The first-order chi connectivity index (χ1) is 15.7. The summed E-state index contributed by atoms with van der Waals surface area (Å²) >= 11 is 0. The molecule has 0 saturated heterocycles. The third-order valence-electron chi connectivity index (χ3n) is 8.39. The molecule has 2 aromatic rings. The molecule has 6 rings (SSSR count). The first-order valence-corrected chi connectivity index (χ1v) is 12.8. The van der Waals surface area contributed by atoms with Crippen LogP contribution in [-0.2, 0) is 4.74 Å². The van der Waals surface area contributed by atoms with E-state index in [4.69, 9.17) is 4.74 Å². The molecule has 0 radical (unpaired) electrons. The highest BCUT2D eigenvalue weighted by molar-refractivity contribution is 5.85. The van der Waals surface area contributed by atoms with Crippen molar-refractivity contribution in [1.29, 1.82) is 0 Å². The Morgan fingerprint density at radius 2 is 1.64 bits per heavy atom. The van der Waals surface area contributed by atoms with Gasteiger partial charge in [-0.15, -0.1) is 0 Å². The van der Waals surface area contributed by atoms with Crippen LogP contribution >= 0.6 is 0 Å². The molecule has 1 N–H and O–H groups in total. The van der Waals surface area contributed by atoms with Gasteiger partial charge in [-0.2, -0.15) is 0 Å². The van der Waals surface area contributed by atoms with Crippen molar-refractivity contribution in [3.63, 3.8) is 0 Å². The average Bonchev–Trinajstić information content (AvgIpc) is 3.59. The summed E-state index contributed by atoms with van der Waals surface area (Å²) < 4.78 is 7.56. The number of aromatic nitrogens is 1. The van der Waals surface area contributed by atoms with Crippen LogP contribution in [-0.4, -0.2) is 22.3 Å². The first kappa shape index (κ1) is 21.2. The van der Waals surface area contributed by atoms with Crippen molar-refractivity contribution in [2.45, 2.75) is 95.7 Å². The Morgan fingerprint density at radius 1 is 1.03 bits per heavy atom. The molecule has 0 bridgehead atoms. The van der Waals surface area contributed by atoms with Crippen molar-refractivity contribution < 1.29 is 9.53 Å². The van der Waals surface area contributed by atoms with Gasteiger partial charge in [-0.3, -0.25) is 4.79 Å². The zero-order chi connectivity index (χ0) is 23.0. The molecular formula is C28H36N2O3. The van der Waals surface area contributed by atoms with Crippen LogP contribution in [0.4, 0.5) is 4.79 Å². The number of carbonyl (C=O) groups is 1. The number of alkyl carbamates (subject to hydrolysis) is 1. The number of ether oxygens (including phenoxy) is 1. The minimum Gasteiger partial charge on any atom is -0.444 e. The van der Waals surface area contributed by atoms with Crippen LogP contribution in [0, 0.1) is 17.3 Å². The summed E-state index contributed by atoms with van der Waals surface area (Å²) in [4.78, 5) is 25.6. The summed E-state index contributed by atoms with van der Waals surface area (Å²) in [5.74, 6) is 1.90. The smallest absolute Gasteiger partial charge is 0.407 e. The Balaban J connectivity index is 1.20. The number of carbonyl (C=O) groups excluding carboxylic acids is 1. The Labute approximate surface area is 195 Å². The van der Waals surface area contributed by atoms with Gasteiger partial charge in [0, 0.05) is 23.7 Å². The third kappa shape index (κ3) is 3.98. The fraction of sp³-hybridized carbons (Fsp3) is 0.643. The molecule has 1 aromatic carbocycles. The summed E-state index contributed by atoms with van der Waals surface area (Å²) in [6.45, 7) is 5.68. The molecule has 4 aliphatic carbocycles. The molecule has 176 valence electrons. The maximum atomic E-state index is 13.5. The number of fused-ring (bicyclic) bond motifs is 1. The van der Waals surface area contributed by atoms with Crippen LogP contribution in [0.15, 0.2) is 35.3 Å². The van der Waals surface area contributed by atoms with Gasteiger partial charge in [0.2, 0.25) is 0 Å². The molecule has 4 aliphatic rings. The van der Waals surface area contributed by atoms with E-state index in [1.807, 2.05) is 32.9 Å². The molecule has 0 unspecified atom stereocenters. The molecule has 1 spiro atoms. The molecule has 33 heavy (non-hydrogen) atoms. The Bertz CT molecular complexity index is 1130. The second kappa shape index (κ2) is 7.35. The van der Waals surface area contributed by atoms with E-state index in [2.05, 4.69) is 28.2 Å². The molecule has 0 aliphatic heterocycles. The van der Waals surface area contributed by atoms with Gasteiger partial charge < -0.3 is 14.6 Å². The second-order valence-electron chi connectivity index (χ2n) is 12.4. The van der Waals surface area contributed by atoms with E-state index in [1.165, 1.54) is 31.2 Å². The van der Waals surface area contributed by atoms with Gasteiger partial charge in [-0.1, -0.05) is 18.2 Å². The zero-order valence-corrected chi connectivity index (χ0v) is 20.1. The standard InChI is InChI=1S/C28H36N2O3/c1-27(2,3)33-26(32)29-20-14-28(15-20)12-19(13-28)23-16-30(24(17-8-9-17)18-10-11-18)25(31)22-7-5-4-6-21(22)23/h4-7,16-20,24H,8-15H2,1-3H3,(H,29,32). The van der Waals surface area contributed by atoms with Crippen LogP contribution in [0.1, 0.15) is 89.7 Å². The van der Waals surface area contributed by atoms with Crippen LogP contribution in [0.5, 0.6) is 0 Å². The Kier molecular flexibility index (Phi) is 4.73. The number of nitrogens with one attached hydrogen (secondary N) is 1. The number of hydrogen-bond donors (Lipinski definition) is 1. The summed E-state index contributed by atoms with van der Waals surface area (Å²) in [6, 6.07) is 8.85. The predicted octanol–water partition coefficient (Wildman–Crippen LogP) is 5.91. The third-order valence-corrected chi connectivity index (χ3v) is 8.39. The monoisotopic (exact) mass is 448 g/mol. The first-order valence-electron chi connectivity index (χ1n) is 12.8. The minimum absolute atomic E-state index is 0.206. The highest BCUT2D eigenvalue weighted by atomic mass is 16.6. The summed E-state index contributed by atoms with van der Waals surface area (Å²) in [7, 11) is 0. The summed E-state index contributed by atoms with van der Waals surface area (Å²) in [5, 5.41) is 5.08. The Hall–Kier alpha value is -2.30. The molecule has 5 heteroatoms. The van der Waals surface area contributed by atoms with Gasteiger partial charge >= 0.3 is 6.09 Å². The van der Waals surface area contributed by atoms with Crippen molar-refractivity contribution in [1.82, 2.24) is 9.88 Å². The molecule has 1 heterocycles. The lowest BCUT2D eigenvalue weighted by atomic mass is 9.49. The molecule has 1 aromatic heterocycles. The van der Waals surface area contributed by atoms with Gasteiger partial charge in [0.25, 0.3) is 5.56 Å². The van der Waals surface area contributed by atoms with Crippen molar-refractivity contribution in [2.24, 2.45) is 17.3 Å². The lowest BCUT2D eigenvalue weighted by Crippen LogP contribution is -2.56. The quantitative estimate of drug-likeness (QED) is 0.618. The fourth-order valence-corrected chi connectivity index (χ4v) is 6.70. The van der Waals surface area contributed by atoms with E-state index in [-0.39, 0.29) is 17.7 Å². The van der Waals surface area contributed by atoms with Gasteiger partial charge in [-0.05, 0) is 112 Å². The average molecular weight is 449 g/mol. The van der Waals surface area contributed by atoms with Crippen LogP contribution in [0.3, 0.4) is 0 Å². The fourth-order valence-electron chi connectivity index (χ4n) is 6.70. The predicted molar refractivity (Wildman–Crippen MR) is 129 cm³/mol. The number of rotatable bonds is 5. The van der Waals surface area contributed by atoms with E-state index in [0.717, 1.165) is 36.5 Å². The largest absolute Gasteiger partial charge is 0.444 e. The SMILES string of the molecule is CC(C)(C)OC(=O)NC1CC2(C1)CC(c1cn(C(C3CC3)C3CC3)c(=O)c3ccccc13)C2. The van der Waals surface area contributed by atoms with Crippen LogP contribution in [0.2, 0.25) is 0 Å². The van der Waals surface area contributed by atoms with E-state index < -0.39 is 5.60 Å². The molecule has 1 amide bonds. The van der Waals surface area contributed by atoms with Crippen LogP contribution in [0.25, 0.3) is 10.8 Å². The molecule has 0 atom stereocenters. The maximum absolute atomic E-state index is 13.5. The van der Waals surface area contributed by atoms with Gasteiger partial charge in [0.15, 0.2) is 0 Å². The summed E-state index contributed by atoms with van der Waals surface area (Å²) in [5.41, 5.74) is 1.46. The van der Waals surface area contributed by atoms with E-state index in [1.54, 1.807) is 0 Å². The van der Waals surface area contributed by atoms with Crippen molar-refractivity contribution >= 4 is 16.9 Å². The number of hydrogen-bond acceptors (Lipinski definition) is 3. The summed E-state index contributed by atoms with van der Waals surface area (Å²) in [6.07, 6.45) is 11.4. The highest BCUT2D eigenvalue weighted by Gasteiger charge is 2.54. The van der Waals surface area contributed by atoms with E-state index in [9.17, 15) is 9.59 Å². The van der Waals surface area contributed by atoms with Crippen LogP contribution < -0.4 is 10.9 Å².